The molecule has 146 valence electrons. The van der Waals surface area contributed by atoms with E-state index in [4.69, 9.17) is 11.6 Å². The van der Waals surface area contributed by atoms with Crippen molar-refractivity contribution in [3.63, 3.8) is 0 Å². The smallest absolute Gasteiger partial charge is 0.219 e. The van der Waals surface area contributed by atoms with E-state index < -0.39 is 9.84 Å². The third kappa shape index (κ3) is 4.34. The molecule has 29 heavy (non-hydrogen) atoms. The number of halogens is 1. The SMILES string of the molecule is O=S(=O)(c1ccc(Cl)cc1)c1sc(-c2ccccc2)nc1NCc1ccccc1. The summed E-state index contributed by atoms with van der Waals surface area (Å²) in [4.78, 5) is 4.79. The van der Waals surface area contributed by atoms with Gasteiger partial charge in [0.05, 0.1) is 4.90 Å². The van der Waals surface area contributed by atoms with E-state index in [0.29, 0.717) is 22.4 Å². The minimum absolute atomic E-state index is 0.188. The van der Waals surface area contributed by atoms with Crippen LogP contribution in [0.1, 0.15) is 5.56 Å². The summed E-state index contributed by atoms with van der Waals surface area (Å²) in [5.74, 6) is 0.354. The molecule has 0 radical (unpaired) electrons. The van der Waals surface area contributed by atoms with Crippen molar-refractivity contribution >= 4 is 38.6 Å². The van der Waals surface area contributed by atoms with Gasteiger partial charge < -0.3 is 5.32 Å². The maximum Gasteiger partial charge on any atom is 0.219 e. The van der Waals surface area contributed by atoms with E-state index in [-0.39, 0.29) is 9.10 Å². The van der Waals surface area contributed by atoms with E-state index in [2.05, 4.69) is 10.3 Å². The minimum Gasteiger partial charge on any atom is -0.364 e. The Morgan fingerprint density at radius 2 is 1.48 bits per heavy atom. The van der Waals surface area contributed by atoms with Gasteiger partial charge in [0, 0.05) is 17.1 Å². The molecule has 0 unspecified atom stereocenters. The van der Waals surface area contributed by atoms with Crippen LogP contribution in [-0.4, -0.2) is 13.4 Å². The summed E-state index contributed by atoms with van der Waals surface area (Å²) in [6.45, 7) is 0.474. The lowest BCUT2D eigenvalue weighted by molar-refractivity contribution is 0.598. The van der Waals surface area contributed by atoms with E-state index in [1.807, 2.05) is 60.7 Å². The number of rotatable bonds is 6. The molecule has 1 N–H and O–H groups in total. The lowest BCUT2D eigenvalue weighted by Crippen LogP contribution is -2.06. The van der Waals surface area contributed by atoms with Gasteiger partial charge in [0.1, 0.15) is 5.01 Å². The molecule has 0 atom stereocenters. The second-order valence-corrected chi connectivity index (χ2v) is 9.90. The number of thiazole rings is 1. The molecule has 1 heterocycles. The van der Waals surface area contributed by atoms with E-state index >= 15 is 0 Å². The van der Waals surface area contributed by atoms with Gasteiger partial charge in [-0.2, -0.15) is 0 Å². The Labute approximate surface area is 178 Å². The van der Waals surface area contributed by atoms with Crippen molar-refractivity contribution in [1.82, 2.24) is 4.98 Å². The largest absolute Gasteiger partial charge is 0.364 e. The molecule has 4 rings (SSSR count). The molecule has 1 aromatic heterocycles. The topological polar surface area (TPSA) is 59.1 Å². The lowest BCUT2D eigenvalue weighted by atomic mass is 10.2. The van der Waals surface area contributed by atoms with Crippen molar-refractivity contribution in [3.8, 4) is 10.6 Å². The summed E-state index contributed by atoms with van der Waals surface area (Å²) < 4.78 is 26.8. The molecule has 0 fully saturated rings. The fraction of sp³-hybridized carbons (Fsp3) is 0.0455. The number of aromatic nitrogens is 1. The second-order valence-electron chi connectivity index (χ2n) is 6.32. The Hall–Kier alpha value is -2.67. The van der Waals surface area contributed by atoms with Gasteiger partial charge in [-0.25, -0.2) is 13.4 Å². The van der Waals surface area contributed by atoms with Gasteiger partial charge in [0.15, 0.2) is 10.0 Å². The molecule has 7 heteroatoms. The highest BCUT2D eigenvalue weighted by molar-refractivity contribution is 7.93. The van der Waals surface area contributed by atoms with E-state index in [1.165, 1.54) is 12.1 Å². The number of hydrogen-bond acceptors (Lipinski definition) is 5. The van der Waals surface area contributed by atoms with E-state index in [9.17, 15) is 8.42 Å². The monoisotopic (exact) mass is 440 g/mol. The Bertz CT molecular complexity index is 1210. The normalized spacial score (nSPS) is 11.3. The van der Waals surface area contributed by atoms with Crippen LogP contribution in [0.25, 0.3) is 10.6 Å². The van der Waals surface area contributed by atoms with Gasteiger partial charge in [-0.15, -0.1) is 0 Å². The maximum absolute atomic E-state index is 13.3. The molecule has 0 bridgehead atoms. The summed E-state index contributed by atoms with van der Waals surface area (Å²) in [5, 5.41) is 4.33. The zero-order chi connectivity index (χ0) is 20.3. The fourth-order valence-electron chi connectivity index (χ4n) is 2.81. The quantitative estimate of drug-likeness (QED) is 0.405. The summed E-state index contributed by atoms with van der Waals surface area (Å²) in [6.07, 6.45) is 0. The van der Waals surface area contributed by atoms with Crippen molar-refractivity contribution in [3.05, 3.63) is 95.5 Å². The third-order valence-corrected chi connectivity index (χ3v) is 7.92. The summed E-state index contributed by atoms with van der Waals surface area (Å²) >= 11 is 7.08. The van der Waals surface area contributed by atoms with Crippen molar-refractivity contribution in [2.24, 2.45) is 0 Å². The Morgan fingerprint density at radius 1 is 0.862 bits per heavy atom. The second kappa shape index (κ2) is 8.37. The predicted molar refractivity (Wildman–Crippen MR) is 118 cm³/mol. The van der Waals surface area contributed by atoms with Crippen molar-refractivity contribution in [1.29, 1.82) is 0 Å². The molecule has 0 saturated carbocycles. The zero-order valence-electron chi connectivity index (χ0n) is 15.2. The first kappa shape index (κ1) is 19.6. The highest BCUT2D eigenvalue weighted by Crippen LogP contribution is 2.38. The van der Waals surface area contributed by atoms with Crippen LogP contribution in [0.5, 0.6) is 0 Å². The standard InChI is InChI=1S/C22H17ClN2O2S2/c23-18-11-13-19(14-12-18)29(26,27)22-20(24-15-16-7-3-1-4-8-16)25-21(28-22)17-9-5-2-6-10-17/h1-14,24H,15H2. The molecule has 4 aromatic rings. The Balaban J connectivity index is 1.76. The van der Waals surface area contributed by atoms with Gasteiger partial charge in [0.25, 0.3) is 0 Å². The highest BCUT2D eigenvalue weighted by atomic mass is 35.5. The summed E-state index contributed by atoms with van der Waals surface area (Å²) in [7, 11) is -3.74. The highest BCUT2D eigenvalue weighted by Gasteiger charge is 2.26. The van der Waals surface area contributed by atoms with Crippen LogP contribution in [0, 0.1) is 0 Å². The van der Waals surface area contributed by atoms with E-state index in [1.54, 1.807) is 12.1 Å². The van der Waals surface area contributed by atoms with Crippen LogP contribution in [-0.2, 0) is 16.4 Å². The molecule has 0 saturated heterocycles. The van der Waals surface area contributed by atoms with Gasteiger partial charge in [0.2, 0.25) is 9.84 Å². The maximum atomic E-state index is 13.3. The van der Waals surface area contributed by atoms with Crippen LogP contribution in [0.15, 0.2) is 94.0 Å². The number of nitrogens with one attached hydrogen (secondary N) is 1. The first-order valence-corrected chi connectivity index (χ1v) is 11.6. The summed E-state index contributed by atoms with van der Waals surface area (Å²) in [6, 6.07) is 25.5. The lowest BCUT2D eigenvalue weighted by Gasteiger charge is -2.07. The zero-order valence-corrected chi connectivity index (χ0v) is 17.6. The number of sulfone groups is 1. The molecule has 0 aliphatic heterocycles. The van der Waals surface area contributed by atoms with Gasteiger partial charge in [-0.1, -0.05) is 83.6 Å². The van der Waals surface area contributed by atoms with Crippen molar-refractivity contribution in [2.75, 3.05) is 5.32 Å². The van der Waals surface area contributed by atoms with Crippen molar-refractivity contribution in [2.45, 2.75) is 15.6 Å². The number of benzene rings is 3. The Morgan fingerprint density at radius 3 is 2.14 bits per heavy atom. The van der Waals surface area contributed by atoms with Gasteiger partial charge in [-0.05, 0) is 29.8 Å². The average Bonchev–Trinajstić information content (AvgIpc) is 3.19. The van der Waals surface area contributed by atoms with Gasteiger partial charge >= 0.3 is 0 Å². The first-order chi connectivity index (χ1) is 14.0. The third-order valence-electron chi connectivity index (χ3n) is 4.29. The number of anilines is 1. The van der Waals surface area contributed by atoms with Gasteiger partial charge in [-0.3, -0.25) is 0 Å². The van der Waals surface area contributed by atoms with Crippen LogP contribution >= 0.6 is 22.9 Å². The molecule has 0 aliphatic rings. The predicted octanol–water partition coefficient (Wildman–Crippen LogP) is 5.91. The molecular formula is C22H17ClN2O2S2. The number of hydrogen-bond donors (Lipinski definition) is 1. The molecule has 0 spiro atoms. The van der Waals surface area contributed by atoms with Crippen LogP contribution in [0.3, 0.4) is 0 Å². The first-order valence-electron chi connectivity index (χ1n) is 8.89. The van der Waals surface area contributed by atoms with Crippen LogP contribution in [0.4, 0.5) is 5.82 Å². The molecule has 0 amide bonds. The molecular weight excluding hydrogens is 424 g/mol. The van der Waals surface area contributed by atoms with E-state index in [0.717, 1.165) is 22.5 Å². The molecule has 0 aliphatic carbocycles. The molecule has 3 aromatic carbocycles. The van der Waals surface area contributed by atoms with Crippen LogP contribution in [0.2, 0.25) is 5.02 Å². The minimum atomic E-state index is -3.74. The number of nitrogens with zero attached hydrogens (tertiary/aromatic N) is 1. The Kier molecular flexibility index (Phi) is 5.67. The molecule has 4 nitrogen and oxygen atoms in total. The summed E-state index contributed by atoms with van der Waals surface area (Å²) in [5.41, 5.74) is 1.91. The van der Waals surface area contributed by atoms with Crippen LogP contribution < -0.4 is 5.32 Å². The fourth-order valence-corrected chi connectivity index (χ4v) is 5.76. The van der Waals surface area contributed by atoms with Crippen molar-refractivity contribution < 1.29 is 8.42 Å². The average molecular weight is 441 g/mol.